The van der Waals surface area contributed by atoms with Crippen molar-refractivity contribution in [3.63, 3.8) is 0 Å². The normalized spacial score (nSPS) is 11.0. The van der Waals surface area contributed by atoms with Crippen LogP contribution >= 0.6 is 15.9 Å². The number of amides is 1. The number of nitrogens with one attached hydrogen (secondary N) is 2. The molecule has 4 nitrogen and oxygen atoms in total. The third kappa shape index (κ3) is 2.95. The van der Waals surface area contributed by atoms with Crippen LogP contribution in [0.15, 0.2) is 47.2 Å². The number of carbonyl (C=O) groups is 1. The predicted molar refractivity (Wildman–Crippen MR) is 92.1 cm³/mol. The van der Waals surface area contributed by atoms with E-state index in [4.69, 9.17) is 0 Å². The van der Waals surface area contributed by atoms with Gasteiger partial charge in [0.15, 0.2) is 0 Å². The van der Waals surface area contributed by atoms with Crippen LogP contribution in [-0.4, -0.2) is 22.0 Å². The predicted octanol–water partition coefficient (Wildman–Crippen LogP) is 3.72. The second-order valence-corrected chi connectivity index (χ2v) is 6.11. The molecule has 0 bridgehead atoms. The first-order valence-electron chi connectivity index (χ1n) is 7.38. The van der Waals surface area contributed by atoms with E-state index >= 15 is 0 Å². The third-order valence-electron chi connectivity index (χ3n) is 3.79. The van der Waals surface area contributed by atoms with Crippen LogP contribution in [0.1, 0.15) is 23.0 Å². The molecule has 1 aromatic carbocycles. The van der Waals surface area contributed by atoms with E-state index in [9.17, 15) is 4.79 Å². The maximum Gasteiger partial charge on any atom is 0.267 e. The summed E-state index contributed by atoms with van der Waals surface area (Å²) in [6, 6.07) is 10.1. The molecule has 0 aliphatic rings. The van der Waals surface area contributed by atoms with Gasteiger partial charge in [0.25, 0.3) is 5.91 Å². The number of benzene rings is 1. The Morgan fingerprint density at radius 1 is 1.36 bits per heavy atom. The summed E-state index contributed by atoms with van der Waals surface area (Å²) in [5.74, 6) is -0.0348. The molecule has 5 heteroatoms. The molecular weight excluding hydrogens is 342 g/mol. The van der Waals surface area contributed by atoms with Gasteiger partial charge in [0.05, 0.1) is 0 Å². The van der Waals surface area contributed by atoms with Crippen LogP contribution in [0.5, 0.6) is 0 Å². The van der Waals surface area contributed by atoms with Crippen LogP contribution in [-0.2, 0) is 13.0 Å². The van der Waals surface area contributed by atoms with Crippen molar-refractivity contribution in [2.75, 3.05) is 6.54 Å². The summed E-state index contributed by atoms with van der Waals surface area (Å²) in [7, 11) is 0. The van der Waals surface area contributed by atoms with E-state index in [1.54, 1.807) is 0 Å². The maximum atomic E-state index is 12.3. The quantitative estimate of drug-likeness (QED) is 0.716. The number of hydrogen-bond acceptors (Lipinski definition) is 1. The Balaban J connectivity index is 1.64. The van der Waals surface area contributed by atoms with Crippen molar-refractivity contribution in [3.8, 4) is 0 Å². The fourth-order valence-electron chi connectivity index (χ4n) is 2.67. The molecule has 2 heterocycles. The SMILES string of the molecule is CCn1cc(Br)cc1C(=O)NCCc1c[nH]c2ccccc12. The lowest BCUT2D eigenvalue weighted by Gasteiger charge is -2.07. The first kappa shape index (κ1) is 14.9. The molecule has 0 radical (unpaired) electrons. The molecule has 0 unspecified atom stereocenters. The molecule has 0 atom stereocenters. The van der Waals surface area contributed by atoms with Gasteiger partial charge < -0.3 is 14.9 Å². The standard InChI is InChI=1S/C17H18BrN3O/c1-2-21-11-13(18)9-16(21)17(22)19-8-7-12-10-20-15-6-4-3-5-14(12)15/h3-6,9-11,20H,2,7-8H2,1H3,(H,19,22). The largest absolute Gasteiger partial charge is 0.361 e. The van der Waals surface area contributed by atoms with Gasteiger partial charge in [0.1, 0.15) is 5.69 Å². The number of fused-ring (bicyclic) bond motifs is 1. The maximum absolute atomic E-state index is 12.3. The highest BCUT2D eigenvalue weighted by atomic mass is 79.9. The Bertz CT molecular complexity index is 803. The number of rotatable bonds is 5. The molecule has 114 valence electrons. The molecule has 0 aliphatic carbocycles. The molecule has 2 aromatic heterocycles. The number of aromatic nitrogens is 2. The number of carbonyl (C=O) groups excluding carboxylic acids is 1. The van der Waals surface area contributed by atoms with E-state index in [2.05, 4.69) is 38.4 Å². The number of H-pyrrole nitrogens is 1. The van der Waals surface area contributed by atoms with E-state index in [0.717, 1.165) is 23.0 Å². The lowest BCUT2D eigenvalue weighted by Crippen LogP contribution is -2.27. The van der Waals surface area contributed by atoms with Crippen molar-refractivity contribution >= 4 is 32.7 Å². The van der Waals surface area contributed by atoms with E-state index in [0.29, 0.717) is 12.2 Å². The van der Waals surface area contributed by atoms with E-state index in [1.807, 2.05) is 42.1 Å². The fraction of sp³-hybridized carbons (Fsp3) is 0.235. The van der Waals surface area contributed by atoms with Gasteiger partial charge in [0, 0.05) is 40.9 Å². The average molecular weight is 360 g/mol. The first-order valence-corrected chi connectivity index (χ1v) is 8.17. The molecule has 3 aromatic rings. The number of halogens is 1. The zero-order chi connectivity index (χ0) is 15.5. The van der Waals surface area contributed by atoms with Crippen LogP contribution in [0.4, 0.5) is 0 Å². The summed E-state index contributed by atoms with van der Waals surface area (Å²) in [5.41, 5.74) is 3.05. The average Bonchev–Trinajstić information content (AvgIpc) is 3.11. The lowest BCUT2D eigenvalue weighted by molar-refractivity contribution is 0.0945. The van der Waals surface area contributed by atoms with Crippen LogP contribution in [0.3, 0.4) is 0 Å². The van der Waals surface area contributed by atoms with Crippen LogP contribution in [0, 0.1) is 0 Å². The molecular formula is C17H18BrN3O. The Morgan fingerprint density at radius 3 is 3.00 bits per heavy atom. The molecule has 0 aliphatic heterocycles. The second-order valence-electron chi connectivity index (χ2n) is 5.19. The third-order valence-corrected chi connectivity index (χ3v) is 4.23. The molecule has 3 rings (SSSR count). The fourth-order valence-corrected chi connectivity index (χ4v) is 3.13. The van der Waals surface area contributed by atoms with Gasteiger partial charge in [-0.25, -0.2) is 0 Å². The van der Waals surface area contributed by atoms with Gasteiger partial charge in [-0.15, -0.1) is 0 Å². The highest BCUT2D eigenvalue weighted by Crippen LogP contribution is 2.18. The zero-order valence-corrected chi connectivity index (χ0v) is 14.0. The minimum absolute atomic E-state index is 0.0348. The molecule has 22 heavy (non-hydrogen) atoms. The van der Waals surface area contributed by atoms with Crippen molar-refractivity contribution in [1.82, 2.24) is 14.9 Å². The summed E-state index contributed by atoms with van der Waals surface area (Å²) >= 11 is 3.41. The van der Waals surface area contributed by atoms with Gasteiger partial charge in [-0.1, -0.05) is 18.2 Å². The van der Waals surface area contributed by atoms with Gasteiger partial charge in [0.2, 0.25) is 0 Å². The highest BCUT2D eigenvalue weighted by Gasteiger charge is 2.12. The first-order chi connectivity index (χ1) is 10.7. The Morgan fingerprint density at radius 2 is 2.18 bits per heavy atom. The molecule has 1 amide bonds. The van der Waals surface area contributed by atoms with Crippen molar-refractivity contribution in [2.24, 2.45) is 0 Å². The van der Waals surface area contributed by atoms with E-state index in [1.165, 1.54) is 10.9 Å². The molecule has 0 saturated carbocycles. The molecule has 0 saturated heterocycles. The Hall–Kier alpha value is -2.01. The topological polar surface area (TPSA) is 49.8 Å². The van der Waals surface area contributed by atoms with Crippen LogP contribution in [0.25, 0.3) is 10.9 Å². The molecule has 0 fully saturated rings. The second kappa shape index (κ2) is 6.40. The van der Waals surface area contributed by atoms with Crippen molar-refractivity contribution in [1.29, 1.82) is 0 Å². The minimum Gasteiger partial charge on any atom is -0.361 e. The van der Waals surface area contributed by atoms with Crippen molar-refractivity contribution < 1.29 is 4.79 Å². The van der Waals surface area contributed by atoms with Crippen LogP contribution < -0.4 is 5.32 Å². The van der Waals surface area contributed by atoms with Crippen molar-refractivity contribution in [2.45, 2.75) is 19.9 Å². The smallest absolute Gasteiger partial charge is 0.267 e. The number of aromatic amines is 1. The summed E-state index contributed by atoms with van der Waals surface area (Å²) in [6.45, 7) is 3.42. The number of hydrogen-bond donors (Lipinski definition) is 2. The number of aryl methyl sites for hydroxylation is 1. The number of nitrogens with zero attached hydrogens (tertiary/aromatic N) is 1. The minimum atomic E-state index is -0.0348. The zero-order valence-electron chi connectivity index (χ0n) is 12.4. The van der Waals surface area contributed by atoms with Crippen LogP contribution in [0.2, 0.25) is 0 Å². The van der Waals surface area contributed by atoms with Gasteiger partial charge in [-0.2, -0.15) is 0 Å². The van der Waals surface area contributed by atoms with Gasteiger partial charge in [-0.05, 0) is 47.0 Å². The van der Waals surface area contributed by atoms with Crippen molar-refractivity contribution in [3.05, 3.63) is 58.5 Å². The Kier molecular flexibility index (Phi) is 4.34. The molecule has 0 spiro atoms. The lowest BCUT2D eigenvalue weighted by atomic mass is 10.1. The monoisotopic (exact) mass is 359 g/mol. The Labute approximate surface area is 137 Å². The van der Waals surface area contributed by atoms with E-state index < -0.39 is 0 Å². The van der Waals surface area contributed by atoms with Gasteiger partial charge >= 0.3 is 0 Å². The summed E-state index contributed by atoms with van der Waals surface area (Å²) < 4.78 is 2.86. The molecule has 2 N–H and O–H groups in total. The summed E-state index contributed by atoms with van der Waals surface area (Å²) in [5, 5.41) is 4.21. The van der Waals surface area contributed by atoms with E-state index in [-0.39, 0.29) is 5.91 Å². The summed E-state index contributed by atoms with van der Waals surface area (Å²) in [6.07, 6.45) is 4.75. The van der Waals surface area contributed by atoms with Gasteiger partial charge in [-0.3, -0.25) is 4.79 Å². The highest BCUT2D eigenvalue weighted by molar-refractivity contribution is 9.10. The summed E-state index contributed by atoms with van der Waals surface area (Å²) in [4.78, 5) is 15.5. The number of para-hydroxylation sites is 1.